The Labute approximate surface area is 156 Å². The molecule has 0 aliphatic carbocycles. The number of halogens is 3. The first-order valence-corrected chi connectivity index (χ1v) is 9.80. The fourth-order valence-corrected chi connectivity index (χ4v) is 4.02. The average molecular weight is 376 g/mol. The lowest BCUT2D eigenvalue weighted by Gasteiger charge is -2.22. The number of H-pyrrole nitrogens is 1. The van der Waals surface area contributed by atoms with Crippen LogP contribution in [0, 0.1) is 12.8 Å². The standard InChI is InChI=1S/C21H21F3NS/c1-13(2)19(14-7-9-16(10-8-14)21(22,23)24)18-11-25-20-15(12-26-3)5-4-6-17(18)20/h4-11,13,19,25H,1,12H2,2-3H3. The van der Waals surface area contributed by atoms with Crippen molar-refractivity contribution in [2.45, 2.75) is 24.8 Å². The smallest absolute Gasteiger partial charge is 0.361 e. The molecule has 1 heterocycles. The Morgan fingerprint density at radius 1 is 1.12 bits per heavy atom. The third-order valence-corrected chi connectivity index (χ3v) is 5.23. The van der Waals surface area contributed by atoms with Gasteiger partial charge in [-0.25, -0.2) is 0 Å². The minimum Gasteiger partial charge on any atom is -0.361 e. The van der Waals surface area contributed by atoms with Crippen LogP contribution in [0.1, 0.15) is 35.1 Å². The molecule has 1 aromatic heterocycles. The fourth-order valence-electron chi connectivity index (χ4n) is 3.47. The molecule has 2 atom stereocenters. The van der Waals surface area contributed by atoms with Gasteiger partial charge in [0.1, 0.15) is 0 Å². The van der Waals surface area contributed by atoms with Crippen molar-refractivity contribution < 1.29 is 13.2 Å². The quantitative estimate of drug-likeness (QED) is 0.527. The van der Waals surface area contributed by atoms with Gasteiger partial charge in [-0.15, -0.1) is 0 Å². The highest BCUT2D eigenvalue weighted by atomic mass is 32.2. The number of aromatic amines is 1. The van der Waals surface area contributed by atoms with E-state index in [0.29, 0.717) is 0 Å². The van der Waals surface area contributed by atoms with Crippen molar-refractivity contribution in [2.75, 3.05) is 6.26 Å². The first-order chi connectivity index (χ1) is 12.3. The lowest BCUT2D eigenvalue weighted by atomic mass is 9.82. The molecule has 137 valence electrons. The van der Waals surface area contributed by atoms with Crippen LogP contribution in [0.4, 0.5) is 13.2 Å². The summed E-state index contributed by atoms with van der Waals surface area (Å²) in [7, 11) is 0. The van der Waals surface area contributed by atoms with Gasteiger partial charge in [-0.3, -0.25) is 0 Å². The molecule has 0 fully saturated rings. The molecular formula is C21H21F3NS. The average Bonchev–Trinajstić information content (AvgIpc) is 3.00. The van der Waals surface area contributed by atoms with E-state index in [2.05, 4.69) is 30.3 Å². The molecule has 0 amide bonds. The normalized spacial score (nSPS) is 13.5. The maximum Gasteiger partial charge on any atom is 0.416 e. The number of hydrogen-bond donors (Lipinski definition) is 1. The van der Waals surface area contributed by atoms with E-state index in [1.165, 1.54) is 5.56 Å². The molecule has 1 nitrogen and oxygen atoms in total. The number of alkyl halides is 3. The van der Waals surface area contributed by atoms with E-state index in [9.17, 15) is 13.2 Å². The van der Waals surface area contributed by atoms with Gasteiger partial charge in [0.05, 0.1) is 5.56 Å². The van der Waals surface area contributed by atoms with Crippen molar-refractivity contribution in [3.8, 4) is 0 Å². The van der Waals surface area contributed by atoms with E-state index in [1.807, 2.05) is 19.2 Å². The van der Waals surface area contributed by atoms with Crippen molar-refractivity contribution in [2.24, 2.45) is 5.92 Å². The van der Waals surface area contributed by atoms with Crippen LogP contribution in [0.25, 0.3) is 10.9 Å². The van der Waals surface area contributed by atoms with Crippen molar-refractivity contribution >= 4 is 22.7 Å². The van der Waals surface area contributed by atoms with Gasteiger partial charge in [-0.2, -0.15) is 24.9 Å². The minimum atomic E-state index is -4.32. The van der Waals surface area contributed by atoms with Crippen molar-refractivity contribution in [1.29, 1.82) is 0 Å². The fraction of sp³-hybridized carbons (Fsp3) is 0.286. The largest absolute Gasteiger partial charge is 0.416 e. The second kappa shape index (κ2) is 7.39. The lowest BCUT2D eigenvalue weighted by Crippen LogP contribution is -2.10. The Balaban J connectivity index is 2.06. The van der Waals surface area contributed by atoms with E-state index >= 15 is 0 Å². The molecule has 0 saturated carbocycles. The number of rotatable bonds is 5. The SMILES string of the molecule is [CH2]C(C)C(c1ccc(C(F)(F)F)cc1)c1c[nH]c2c(CSC)cccc12. The maximum absolute atomic E-state index is 12.9. The first-order valence-electron chi connectivity index (χ1n) is 8.41. The Kier molecular flexibility index (Phi) is 5.37. The van der Waals surface area contributed by atoms with Crippen molar-refractivity contribution in [3.63, 3.8) is 0 Å². The summed E-state index contributed by atoms with van der Waals surface area (Å²) in [5, 5.41) is 1.11. The second-order valence-electron chi connectivity index (χ2n) is 6.59. The van der Waals surface area contributed by atoms with Gasteiger partial charge in [0.2, 0.25) is 0 Å². The van der Waals surface area contributed by atoms with Crippen LogP contribution < -0.4 is 0 Å². The Bertz CT molecular complexity index is 878. The Morgan fingerprint density at radius 2 is 1.81 bits per heavy atom. The number of hydrogen-bond acceptors (Lipinski definition) is 1. The Morgan fingerprint density at radius 3 is 2.38 bits per heavy atom. The van der Waals surface area contributed by atoms with Gasteiger partial charge in [-0.1, -0.05) is 37.3 Å². The number of nitrogens with one attached hydrogen (secondary N) is 1. The van der Waals surface area contributed by atoms with E-state index in [4.69, 9.17) is 0 Å². The molecule has 0 saturated heterocycles. The van der Waals surface area contributed by atoms with E-state index < -0.39 is 11.7 Å². The highest BCUT2D eigenvalue weighted by Gasteiger charge is 2.31. The molecular weight excluding hydrogens is 355 g/mol. The molecule has 0 bridgehead atoms. The number of thioether (sulfide) groups is 1. The van der Waals surface area contributed by atoms with E-state index in [0.717, 1.165) is 39.9 Å². The van der Waals surface area contributed by atoms with Gasteiger partial charge >= 0.3 is 6.18 Å². The number of aromatic nitrogens is 1. The van der Waals surface area contributed by atoms with Crippen LogP contribution in [-0.4, -0.2) is 11.2 Å². The predicted molar refractivity (Wildman–Crippen MR) is 103 cm³/mol. The lowest BCUT2D eigenvalue weighted by molar-refractivity contribution is -0.137. The van der Waals surface area contributed by atoms with Crippen molar-refractivity contribution in [1.82, 2.24) is 4.98 Å². The zero-order chi connectivity index (χ0) is 18.9. The number of benzene rings is 2. The van der Waals surface area contributed by atoms with Crippen LogP contribution >= 0.6 is 11.8 Å². The summed E-state index contributed by atoms with van der Waals surface area (Å²) >= 11 is 1.75. The van der Waals surface area contributed by atoms with Gasteiger partial charge in [0.15, 0.2) is 0 Å². The summed E-state index contributed by atoms with van der Waals surface area (Å²) in [4.78, 5) is 3.36. The maximum atomic E-state index is 12.9. The molecule has 2 aromatic carbocycles. The first kappa shape index (κ1) is 18.9. The molecule has 1 N–H and O–H groups in total. The van der Waals surface area contributed by atoms with Gasteiger partial charge in [0, 0.05) is 28.8 Å². The molecule has 5 heteroatoms. The van der Waals surface area contributed by atoms with Gasteiger partial charge < -0.3 is 4.98 Å². The number of para-hydroxylation sites is 1. The summed E-state index contributed by atoms with van der Waals surface area (Å²) < 4.78 is 38.6. The summed E-state index contributed by atoms with van der Waals surface area (Å²) in [6, 6.07) is 11.6. The van der Waals surface area contributed by atoms with Crippen LogP contribution in [0.2, 0.25) is 0 Å². The third kappa shape index (κ3) is 3.63. The van der Waals surface area contributed by atoms with Gasteiger partial charge in [0.25, 0.3) is 0 Å². The summed E-state index contributed by atoms with van der Waals surface area (Å²) in [6.07, 6.45) is -0.290. The summed E-state index contributed by atoms with van der Waals surface area (Å²) in [5.74, 6) is 0.841. The van der Waals surface area contributed by atoms with E-state index in [-0.39, 0.29) is 11.8 Å². The molecule has 0 spiro atoms. The molecule has 2 unspecified atom stereocenters. The molecule has 26 heavy (non-hydrogen) atoms. The zero-order valence-corrected chi connectivity index (χ0v) is 15.5. The predicted octanol–water partition coefficient (Wildman–Crippen LogP) is 6.65. The van der Waals surface area contributed by atoms with E-state index in [1.54, 1.807) is 23.9 Å². The monoisotopic (exact) mass is 376 g/mol. The van der Waals surface area contributed by atoms with Gasteiger partial charge in [-0.05, 0) is 47.9 Å². The molecule has 1 radical (unpaired) electrons. The molecule has 3 aromatic rings. The highest BCUT2D eigenvalue weighted by molar-refractivity contribution is 7.97. The molecule has 0 aliphatic heterocycles. The molecule has 3 rings (SSSR count). The van der Waals surface area contributed by atoms with Crippen LogP contribution in [-0.2, 0) is 11.9 Å². The number of fused-ring (bicyclic) bond motifs is 1. The third-order valence-electron chi connectivity index (χ3n) is 4.63. The van der Waals surface area contributed by atoms with Crippen LogP contribution in [0.3, 0.4) is 0 Å². The second-order valence-corrected chi connectivity index (χ2v) is 7.46. The highest BCUT2D eigenvalue weighted by Crippen LogP contribution is 2.38. The summed E-state index contributed by atoms with van der Waals surface area (Å²) in [5.41, 5.74) is 3.61. The molecule has 0 aliphatic rings. The zero-order valence-electron chi connectivity index (χ0n) is 14.7. The van der Waals surface area contributed by atoms with Crippen molar-refractivity contribution in [3.05, 3.63) is 77.8 Å². The minimum absolute atomic E-state index is 0.00921. The van der Waals surface area contributed by atoms with Crippen LogP contribution in [0.5, 0.6) is 0 Å². The Hall–Kier alpha value is -1.88. The topological polar surface area (TPSA) is 15.8 Å². The summed E-state index contributed by atoms with van der Waals surface area (Å²) in [6.45, 7) is 6.16. The van der Waals surface area contributed by atoms with Crippen LogP contribution in [0.15, 0.2) is 48.7 Å².